The summed E-state index contributed by atoms with van der Waals surface area (Å²) in [5, 5.41) is 13.2. The molecule has 0 unspecified atom stereocenters. The van der Waals surface area contributed by atoms with Crippen molar-refractivity contribution in [3.63, 3.8) is 0 Å². The minimum atomic E-state index is -0.678. The van der Waals surface area contributed by atoms with Gasteiger partial charge in [-0.15, -0.1) is 0 Å². The van der Waals surface area contributed by atoms with Gasteiger partial charge < -0.3 is 4.74 Å². The van der Waals surface area contributed by atoms with E-state index in [0.29, 0.717) is 5.56 Å². The molecule has 1 aromatic carbocycles. The zero-order chi connectivity index (χ0) is 18.1. The summed E-state index contributed by atoms with van der Waals surface area (Å²) < 4.78 is 5.24. The number of allylic oxidation sites excluding steroid dienone is 2. The molecule has 3 rings (SSSR count). The van der Waals surface area contributed by atoms with E-state index in [-0.39, 0.29) is 30.2 Å². The van der Waals surface area contributed by atoms with E-state index < -0.39 is 11.0 Å². The Labute approximate surface area is 144 Å². The van der Waals surface area contributed by atoms with Crippen molar-refractivity contribution in [1.82, 2.24) is 10.0 Å². The lowest BCUT2D eigenvalue weighted by Crippen LogP contribution is -2.65. The van der Waals surface area contributed by atoms with Gasteiger partial charge in [0.2, 0.25) is 5.91 Å². The van der Waals surface area contributed by atoms with Crippen LogP contribution in [0, 0.1) is 16.0 Å². The molecule has 0 radical (unpaired) electrons. The molecule has 130 valence electrons. The molecule has 2 aliphatic rings. The van der Waals surface area contributed by atoms with Gasteiger partial charge >= 0.3 is 6.09 Å². The van der Waals surface area contributed by atoms with E-state index in [1.807, 2.05) is 19.9 Å². The molecule has 8 nitrogen and oxygen atoms in total. The van der Waals surface area contributed by atoms with Crippen LogP contribution in [-0.4, -0.2) is 33.0 Å². The molecule has 2 heterocycles. The van der Waals surface area contributed by atoms with Gasteiger partial charge in [-0.05, 0) is 30.7 Å². The molecule has 1 saturated heterocycles. The number of rotatable bonds is 3. The molecule has 0 spiro atoms. The van der Waals surface area contributed by atoms with E-state index in [2.05, 4.69) is 0 Å². The number of fused-ring (bicyclic) bond motifs is 1. The summed E-state index contributed by atoms with van der Waals surface area (Å²) in [4.78, 5) is 34.6. The fraction of sp³-hybridized carbons (Fsp3) is 0.294. The second-order valence-corrected chi connectivity index (χ2v) is 6.01. The van der Waals surface area contributed by atoms with Crippen LogP contribution < -0.4 is 0 Å². The number of ether oxygens (including phenoxy) is 1. The lowest BCUT2D eigenvalue weighted by atomic mass is 9.90. The molecule has 8 heteroatoms. The Balaban J connectivity index is 1.67. The Kier molecular flexibility index (Phi) is 4.26. The summed E-state index contributed by atoms with van der Waals surface area (Å²) >= 11 is 0. The third-order valence-electron chi connectivity index (χ3n) is 4.25. The first kappa shape index (κ1) is 16.7. The van der Waals surface area contributed by atoms with E-state index in [9.17, 15) is 19.7 Å². The molecule has 0 bridgehead atoms. The van der Waals surface area contributed by atoms with Crippen LogP contribution in [0.2, 0.25) is 0 Å². The topological polar surface area (TPSA) is 93.0 Å². The molecule has 0 N–H and O–H groups in total. The fourth-order valence-electron chi connectivity index (χ4n) is 2.75. The van der Waals surface area contributed by atoms with Crippen LogP contribution in [0.3, 0.4) is 0 Å². The van der Waals surface area contributed by atoms with Gasteiger partial charge in [0, 0.05) is 18.3 Å². The average molecular weight is 343 g/mol. The average Bonchev–Trinajstić information content (AvgIpc) is 2.76. The summed E-state index contributed by atoms with van der Waals surface area (Å²) in [5.41, 5.74) is 1.54. The number of hydrogen-bond acceptors (Lipinski definition) is 5. The van der Waals surface area contributed by atoms with Crippen LogP contribution in [0.25, 0.3) is 0 Å². The highest BCUT2D eigenvalue weighted by molar-refractivity contribution is 5.88. The van der Waals surface area contributed by atoms with E-state index in [1.165, 1.54) is 40.5 Å². The van der Waals surface area contributed by atoms with Gasteiger partial charge in [0.15, 0.2) is 0 Å². The second kappa shape index (κ2) is 6.39. The first-order valence-corrected chi connectivity index (χ1v) is 7.77. The summed E-state index contributed by atoms with van der Waals surface area (Å²) in [7, 11) is 0. The predicted molar refractivity (Wildman–Crippen MR) is 87.8 cm³/mol. The number of carbonyl (C=O) groups is 2. The van der Waals surface area contributed by atoms with E-state index in [4.69, 9.17) is 4.74 Å². The van der Waals surface area contributed by atoms with Crippen molar-refractivity contribution in [2.45, 2.75) is 26.5 Å². The molecule has 1 aromatic rings. The molecule has 2 aliphatic heterocycles. The van der Waals surface area contributed by atoms with Crippen LogP contribution >= 0.6 is 0 Å². The van der Waals surface area contributed by atoms with E-state index >= 15 is 0 Å². The second-order valence-electron chi connectivity index (χ2n) is 6.01. The number of benzene rings is 1. The molecule has 2 amide bonds. The standard InChI is InChI=1S/C17H17N3O5/c1-11-7-8-18(19-15(9-11)12(2)16(19)21)17(22)25-10-13-3-5-14(6-4-13)20(23)24/h3-9,12,15H,10H2,1-2H3/t12-,15-/m1/s1. The highest BCUT2D eigenvalue weighted by Gasteiger charge is 2.48. The first-order chi connectivity index (χ1) is 11.9. The minimum absolute atomic E-state index is 0.0323. The summed E-state index contributed by atoms with van der Waals surface area (Å²) in [6, 6.07) is 5.57. The van der Waals surface area contributed by atoms with E-state index in [0.717, 1.165) is 5.57 Å². The van der Waals surface area contributed by atoms with Crippen LogP contribution in [0.5, 0.6) is 0 Å². The number of β-lactam (4-membered cyclic amide) rings is 1. The van der Waals surface area contributed by atoms with Crippen LogP contribution in [-0.2, 0) is 16.1 Å². The number of carbonyl (C=O) groups excluding carboxylic acids is 2. The van der Waals surface area contributed by atoms with Crippen molar-refractivity contribution in [3.8, 4) is 0 Å². The summed E-state index contributed by atoms with van der Waals surface area (Å²) in [5.74, 6) is -0.326. The molecule has 25 heavy (non-hydrogen) atoms. The van der Waals surface area contributed by atoms with Crippen molar-refractivity contribution in [3.05, 3.63) is 63.9 Å². The van der Waals surface area contributed by atoms with Crippen molar-refractivity contribution in [2.24, 2.45) is 5.92 Å². The highest BCUT2D eigenvalue weighted by Crippen LogP contribution is 2.32. The third kappa shape index (κ3) is 3.10. The Morgan fingerprint density at radius 1 is 1.32 bits per heavy atom. The Morgan fingerprint density at radius 2 is 2.00 bits per heavy atom. The lowest BCUT2D eigenvalue weighted by Gasteiger charge is -2.47. The van der Waals surface area contributed by atoms with Crippen molar-refractivity contribution >= 4 is 17.7 Å². The zero-order valence-corrected chi connectivity index (χ0v) is 13.8. The predicted octanol–water partition coefficient (Wildman–Crippen LogP) is 2.77. The first-order valence-electron chi connectivity index (χ1n) is 7.77. The molecular weight excluding hydrogens is 326 g/mol. The normalized spacial score (nSPS) is 21.8. The largest absolute Gasteiger partial charge is 0.443 e. The fourth-order valence-corrected chi connectivity index (χ4v) is 2.75. The maximum atomic E-state index is 12.4. The van der Waals surface area contributed by atoms with Gasteiger partial charge in [-0.2, -0.15) is 5.01 Å². The number of hydrazine groups is 1. The van der Waals surface area contributed by atoms with Crippen LogP contribution in [0.1, 0.15) is 19.4 Å². The minimum Gasteiger partial charge on any atom is -0.443 e. The van der Waals surface area contributed by atoms with E-state index in [1.54, 1.807) is 6.08 Å². The maximum Gasteiger partial charge on any atom is 0.433 e. The smallest absolute Gasteiger partial charge is 0.433 e. The Morgan fingerprint density at radius 3 is 2.64 bits per heavy atom. The summed E-state index contributed by atoms with van der Waals surface area (Å²) in [6.45, 7) is 3.67. The van der Waals surface area contributed by atoms with Crippen LogP contribution in [0.15, 0.2) is 48.2 Å². The lowest BCUT2D eigenvalue weighted by molar-refractivity contribution is -0.384. The molecule has 2 atom stereocenters. The van der Waals surface area contributed by atoms with Gasteiger partial charge in [-0.1, -0.05) is 18.6 Å². The number of nitrogens with zero attached hydrogens (tertiary/aromatic N) is 3. The number of non-ortho nitro benzene ring substituents is 1. The SMILES string of the molecule is CC1=C[C@@H]2[C@@H](C)C(=O)N2N(C(=O)OCc2ccc([N+](=O)[O-])cc2)C=C1. The maximum absolute atomic E-state index is 12.4. The van der Waals surface area contributed by atoms with Crippen molar-refractivity contribution < 1.29 is 19.2 Å². The van der Waals surface area contributed by atoms with Crippen molar-refractivity contribution in [2.75, 3.05) is 0 Å². The highest BCUT2D eigenvalue weighted by atomic mass is 16.6. The van der Waals surface area contributed by atoms with Gasteiger partial charge in [-0.25, -0.2) is 9.80 Å². The van der Waals surface area contributed by atoms with Gasteiger partial charge in [0.1, 0.15) is 6.61 Å². The Bertz CT molecular complexity index is 784. The molecule has 0 aliphatic carbocycles. The number of nitro benzene ring substituents is 1. The number of amides is 2. The quantitative estimate of drug-likeness (QED) is 0.478. The molecular formula is C17H17N3O5. The third-order valence-corrected chi connectivity index (χ3v) is 4.25. The van der Waals surface area contributed by atoms with Crippen LogP contribution in [0.4, 0.5) is 10.5 Å². The number of hydrogen-bond donors (Lipinski definition) is 0. The molecule has 1 fully saturated rings. The van der Waals surface area contributed by atoms with Gasteiger partial charge in [-0.3, -0.25) is 14.9 Å². The molecule has 0 aromatic heterocycles. The monoisotopic (exact) mass is 343 g/mol. The Hall–Kier alpha value is -3.16. The summed E-state index contributed by atoms with van der Waals surface area (Å²) in [6.07, 6.45) is 4.51. The van der Waals surface area contributed by atoms with Gasteiger partial charge in [0.05, 0.1) is 16.9 Å². The van der Waals surface area contributed by atoms with Gasteiger partial charge in [0.25, 0.3) is 5.69 Å². The number of nitro groups is 1. The molecule has 0 saturated carbocycles. The van der Waals surface area contributed by atoms with Crippen molar-refractivity contribution in [1.29, 1.82) is 0 Å². The zero-order valence-electron chi connectivity index (χ0n) is 13.8.